The molecule has 9 aromatic heterocycles. The number of hydrogen-bond donors (Lipinski definition) is 6. The molecule has 456 valence electrons. The van der Waals surface area contributed by atoms with Gasteiger partial charge < -0.3 is 50.5 Å². The number of rotatable bonds is 10. The van der Waals surface area contributed by atoms with Crippen LogP contribution in [0.2, 0.25) is 15.7 Å². The predicted molar refractivity (Wildman–Crippen MR) is 346 cm³/mol. The van der Waals surface area contributed by atoms with Crippen molar-refractivity contribution in [3.8, 4) is 35.3 Å². The van der Waals surface area contributed by atoms with E-state index in [2.05, 4.69) is 79.3 Å². The lowest BCUT2D eigenvalue weighted by Gasteiger charge is -2.23. The number of nitriles is 3. The Hall–Kier alpha value is -10.1. The lowest BCUT2D eigenvalue weighted by molar-refractivity contribution is 0.255. The van der Waals surface area contributed by atoms with Gasteiger partial charge in [0.2, 0.25) is 16.5 Å². The van der Waals surface area contributed by atoms with Gasteiger partial charge in [-0.25, -0.2) is 33.5 Å². The minimum atomic E-state index is 0. The van der Waals surface area contributed by atoms with Crippen LogP contribution in [0.1, 0.15) is 57.2 Å². The zero-order valence-electron chi connectivity index (χ0n) is 45.9. The molecule has 29 heteroatoms. The standard InChI is InChI=1S/C21H20N8O.C16H10ClN7.C10H8N4.C6H3Cl2N3.C5H11NO.2CH4.ClH/c22-11-15-5-7-16(8-6-15)27-12-19(23-14-27)24-20-18-4-2-10-29(18)26-21(25-20)28-9-1-3-17(28)13-30;17-16-21-15(13-2-1-7-24(13)22-16)20-14-9-23(10-19-14)12-5-3-11(8-18)4-6-12;11-5-8-1-3-9(4-2-8)14-6-10(12)13-7-14;7-5-4-2-1-3-11(4)10-6(8)9-5;7-4-5-2-1-3-6-5;;;/h2,4-8,10,12,14,17,30H,1,3,9,13H2,(H,24,25,26);1-7,9-10H,(H,20,21,22);1-4,6-7H,12H2;1-3H;5-7H,1-4H2;2*1H4;1H/t17-;;;;5-;;;/m0...0.../s1. The molecule has 12 aromatic rings. The summed E-state index contributed by atoms with van der Waals surface area (Å²) in [4.78, 5) is 27.5. The van der Waals surface area contributed by atoms with Crippen molar-refractivity contribution in [1.29, 1.82) is 15.8 Å². The molecule has 7 N–H and O–H groups in total. The topological polar surface area (TPSA) is 321 Å². The van der Waals surface area contributed by atoms with E-state index < -0.39 is 0 Å². The average Bonchev–Trinajstić information content (AvgIpc) is 2.15. The molecule has 2 aliphatic rings. The van der Waals surface area contributed by atoms with Gasteiger partial charge in [-0.05, 0) is 165 Å². The number of aliphatic hydroxyl groups excluding tert-OH is 2. The maximum absolute atomic E-state index is 9.67. The highest BCUT2D eigenvalue weighted by Gasteiger charge is 2.27. The van der Waals surface area contributed by atoms with E-state index in [1.165, 1.54) is 6.42 Å². The molecule has 2 saturated heterocycles. The van der Waals surface area contributed by atoms with E-state index in [1.54, 1.807) is 92.1 Å². The zero-order valence-corrected chi connectivity index (χ0v) is 49.0. The summed E-state index contributed by atoms with van der Waals surface area (Å²) >= 11 is 17.2. The highest BCUT2D eigenvalue weighted by Crippen LogP contribution is 2.28. The monoisotopic (exact) mass is 1280 g/mol. The Labute approximate surface area is 532 Å². The number of halogens is 4. The van der Waals surface area contributed by atoms with Crippen molar-refractivity contribution in [1.82, 2.24) is 77.8 Å². The molecular weight excluding hydrogens is 1220 g/mol. The molecule has 0 bridgehead atoms. The van der Waals surface area contributed by atoms with Gasteiger partial charge >= 0.3 is 0 Å². The number of aromatic nitrogens is 15. The number of anilines is 6. The van der Waals surface area contributed by atoms with E-state index >= 15 is 0 Å². The van der Waals surface area contributed by atoms with Crippen molar-refractivity contribution >= 4 is 98.8 Å². The normalized spacial score (nSPS) is 13.6. The van der Waals surface area contributed by atoms with Crippen LogP contribution in [0.5, 0.6) is 0 Å². The number of nitrogen functional groups attached to an aromatic ring is 1. The van der Waals surface area contributed by atoms with Crippen molar-refractivity contribution < 1.29 is 10.2 Å². The van der Waals surface area contributed by atoms with E-state index in [0.717, 1.165) is 66.0 Å². The van der Waals surface area contributed by atoms with Crippen LogP contribution in [0.4, 0.5) is 35.0 Å². The third-order valence-electron chi connectivity index (χ3n) is 13.4. The molecule has 3 aromatic carbocycles. The number of hydrogen-bond acceptors (Lipinski definition) is 19. The molecule has 0 amide bonds. The van der Waals surface area contributed by atoms with Gasteiger partial charge in [-0.15, -0.1) is 27.7 Å². The largest absolute Gasteiger partial charge is 0.395 e. The van der Waals surface area contributed by atoms with Crippen LogP contribution in [0.15, 0.2) is 165 Å². The molecule has 14 rings (SSSR count). The molecule has 2 fully saturated rings. The number of imidazole rings is 3. The quantitative estimate of drug-likeness (QED) is 0.0741. The average molecular weight is 1280 g/mol. The summed E-state index contributed by atoms with van der Waals surface area (Å²) in [7, 11) is 0. The number of nitrogens with one attached hydrogen (secondary N) is 3. The first-order chi connectivity index (χ1) is 42.0. The number of benzene rings is 3. The van der Waals surface area contributed by atoms with Crippen LogP contribution in [0.3, 0.4) is 0 Å². The number of nitrogens with two attached hydrogens (primary N) is 1. The van der Waals surface area contributed by atoms with Gasteiger partial charge in [-0.1, -0.05) is 26.5 Å². The molecule has 0 unspecified atom stereocenters. The third-order valence-corrected chi connectivity index (χ3v) is 14.0. The maximum Gasteiger partial charge on any atom is 0.245 e. The Bertz CT molecular complexity index is 4340. The second-order valence-electron chi connectivity index (χ2n) is 19.1. The fraction of sp³-hybridized carbons (Fsp3) is 0.200. The van der Waals surface area contributed by atoms with E-state index in [9.17, 15) is 5.11 Å². The van der Waals surface area contributed by atoms with E-state index in [1.807, 2.05) is 101 Å². The summed E-state index contributed by atoms with van der Waals surface area (Å²) in [6, 6.07) is 39.7. The van der Waals surface area contributed by atoms with Crippen molar-refractivity contribution in [2.75, 3.05) is 47.6 Å². The maximum atomic E-state index is 9.67. The summed E-state index contributed by atoms with van der Waals surface area (Å²) in [5.41, 5.74) is 12.5. The highest BCUT2D eigenvalue weighted by molar-refractivity contribution is 6.34. The van der Waals surface area contributed by atoms with Crippen molar-refractivity contribution in [3.05, 3.63) is 198 Å². The lowest BCUT2D eigenvalue weighted by Crippen LogP contribution is -2.34. The SMILES string of the molecule is C.C.Cl.Clc1nc(Cl)c2cccn2n1.N#Cc1ccc(-n2cnc(N)c2)cc1.N#Cc1ccc(-n2cnc(Nc3nc(Cl)nn4cccc34)c2)cc1.N#Cc1ccc(-n2cnc(Nc3nc(N4CCC[C@H]4CO)nn4cccc34)c2)cc1.OC[C@@H]1CCCN1. The first kappa shape index (κ1) is 66.4. The van der Waals surface area contributed by atoms with Crippen LogP contribution < -0.4 is 26.6 Å². The molecule has 0 saturated carbocycles. The van der Waals surface area contributed by atoms with Crippen molar-refractivity contribution in [3.63, 3.8) is 0 Å². The van der Waals surface area contributed by atoms with E-state index in [-0.39, 0.29) is 50.5 Å². The second-order valence-corrected chi connectivity index (χ2v) is 20.1. The minimum absolute atomic E-state index is 0. The third kappa shape index (κ3) is 16.7. The zero-order chi connectivity index (χ0) is 59.9. The van der Waals surface area contributed by atoms with Gasteiger partial charge in [0.1, 0.15) is 53.0 Å². The van der Waals surface area contributed by atoms with Crippen LogP contribution in [-0.4, -0.2) is 121 Å². The summed E-state index contributed by atoms with van der Waals surface area (Å²) in [5.74, 6) is 3.56. The Morgan fingerprint density at radius 2 is 1.02 bits per heavy atom. The first-order valence-electron chi connectivity index (χ1n) is 26.7. The second kappa shape index (κ2) is 31.5. The van der Waals surface area contributed by atoms with E-state index in [0.29, 0.717) is 69.5 Å². The molecule has 2 atom stereocenters. The summed E-state index contributed by atoms with van der Waals surface area (Å²) in [6.07, 6.45) is 20.2. The van der Waals surface area contributed by atoms with Crippen LogP contribution in [0, 0.1) is 34.0 Å². The van der Waals surface area contributed by atoms with Gasteiger partial charge in [-0.3, -0.25) is 0 Å². The molecule has 0 radical (unpaired) electrons. The predicted octanol–water partition coefficient (Wildman–Crippen LogP) is 10.5. The van der Waals surface area contributed by atoms with Crippen molar-refractivity contribution in [2.45, 2.75) is 52.6 Å². The minimum Gasteiger partial charge on any atom is -0.395 e. The van der Waals surface area contributed by atoms with Gasteiger partial charge in [-0.2, -0.15) is 25.8 Å². The Morgan fingerprint density at radius 1 is 0.562 bits per heavy atom. The van der Waals surface area contributed by atoms with Crippen LogP contribution in [-0.2, 0) is 0 Å². The summed E-state index contributed by atoms with van der Waals surface area (Å²) in [5, 5.41) is 67.5. The van der Waals surface area contributed by atoms with Gasteiger partial charge in [0.25, 0.3) is 0 Å². The number of fused-ring (bicyclic) bond motifs is 3. The smallest absolute Gasteiger partial charge is 0.245 e. The Morgan fingerprint density at radius 3 is 1.47 bits per heavy atom. The number of nitrogens with zero attached hydrogens (tertiary/aromatic N) is 19. The lowest BCUT2D eigenvalue weighted by atomic mass is 10.2. The van der Waals surface area contributed by atoms with Gasteiger partial charge in [0.05, 0.1) is 72.7 Å². The van der Waals surface area contributed by atoms with Crippen LogP contribution >= 0.6 is 47.2 Å². The molecule has 0 spiro atoms. The highest BCUT2D eigenvalue weighted by atomic mass is 35.5. The molecule has 25 nitrogen and oxygen atoms in total. The van der Waals surface area contributed by atoms with E-state index in [4.69, 9.17) is 66.4 Å². The molecule has 89 heavy (non-hydrogen) atoms. The Kier molecular flexibility index (Phi) is 23.5. The fourth-order valence-electron chi connectivity index (χ4n) is 9.11. The Balaban J connectivity index is 0.000000170. The first-order valence-corrected chi connectivity index (χ1v) is 27.8. The van der Waals surface area contributed by atoms with Crippen molar-refractivity contribution in [2.24, 2.45) is 0 Å². The van der Waals surface area contributed by atoms with Crippen LogP contribution in [0.25, 0.3) is 33.6 Å². The molecule has 11 heterocycles. The fourth-order valence-corrected chi connectivity index (χ4v) is 9.72. The summed E-state index contributed by atoms with van der Waals surface area (Å²) < 4.78 is 10.5. The van der Waals surface area contributed by atoms with Gasteiger partial charge in [0, 0.05) is 48.2 Å². The molecule has 2 aliphatic heterocycles. The van der Waals surface area contributed by atoms with Gasteiger partial charge in [0.15, 0.2) is 16.8 Å². The summed E-state index contributed by atoms with van der Waals surface area (Å²) in [6.45, 7) is 2.31. The molecule has 0 aliphatic carbocycles. The molecular formula is C60H61Cl4N23O2. The number of aliphatic hydroxyl groups is 2.